The lowest BCUT2D eigenvalue weighted by Crippen LogP contribution is -2.31. The minimum atomic E-state index is -4.59. The molecule has 1 aliphatic rings. The van der Waals surface area contributed by atoms with Gasteiger partial charge in [0.05, 0.1) is 18.0 Å². The van der Waals surface area contributed by atoms with Crippen molar-refractivity contribution in [2.24, 2.45) is 0 Å². The van der Waals surface area contributed by atoms with Crippen molar-refractivity contribution in [3.63, 3.8) is 0 Å². The average Bonchev–Trinajstić information content (AvgIpc) is 3.31. The van der Waals surface area contributed by atoms with Gasteiger partial charge >= 0.3 is 6.18 Å². The van der Waals surface area contributed by atoms with Crippen LogP contribution in [-0.4, -0.2) is 29.1 Å². The highest BCUT2D eigenvalue weighted by Crippen LogP contribution is 2.32. The Bertz CT molecular complexity index is 1020. The SMILES string of the molecule is CC(Oc1ccc(-c2nc(-c3ccc4c(c3)NCN4)no2)cc1F)C(F)(F)F. The van der Waals surface area contributed by atoms with E-state index < -0.39 is 23.8 Å². The third-order valence-electron chi connectivity index (χ3n) is 4.21. The predicted octanol–water partition coefficient (Wildman–Crippen LogP) is 4.67. The van der Waals surface area contributed by atoms with Crippen molar-refractivity contribution in [3.8, 4) is 28.6 Å². The van der Waals surface area contributed by atoms with Crippen molar-refractivity contribution in [1.82, 2.24) is 10.1 Å². The highest BCUT2D eigenvalue weighted by atomic mass is 19.4. The molecule has 10 heteroatoms. The zero-order chi connectivity index (χ0) is 19.9. The van der Waals surface area contributed by atoms with E-state index in [0.717, 1.165) is 30.4 Å². The molecule has 0 amide bonds. The molecule has 28 heavy (non-hydrogen) atoms. The fourth-order valence-electron chi connectivity index (χ4n) is 2.66. The minimum Gasteiger partial charge on any atom is -0.478 e. The monoisotopic (exact) mass is 394 g/mol. The Labute approximate surface area is 156 Å². The number of nitrogens with zero attached hydrogens (tertiary/aromatic N) is 2. The molecule has 3 aromatic rings. The third-order valence-corrected chi connectivity index (χ3v) is 4.21. The van der Waals surface area contributed by atoms with Gasteiger partial charge in [-0.15, -0.1) is 0 Å². The van der Waals surface area contributed by atoms with Crippen LogP contribution >= 0.6 is 0 Å². The lowest BCUT2D eigenvalue weighted by molar-refractivity contribution is -0.189. The van der Waals surface area contributed by atoms with Crippen LogP contribution in [0.4, 0.5) is 28.9 Å². The molecular weight excluding hydrogens is 380 g/mol. The number of anilines is 2. The van der Waals surface area contributed by atoms with E-state index in [4.69, 9.17) is 4.52 Å². The van der Waals surface area contributed by atoms with Gasteiger partial charge < -0.3 is 19.9 Å². The highest BCUT2D eigenvalue weighted by Gasteiger charge is 2.38. The molecule has 1 unspecified atom stereocenters. The van der Waals surface area contributed by atoms with Crippen molar-refractivity contribution < 1.29 is 26.8 Å². The summed E-state index contributed by atoms with van der Waals surface area (Å²) in [5.74, 6) is -1.12. The first-order valence-electron chi connectivity index (χ1n) is 8.30. The molecule has 0 spiro atoms. The summed E-state index contributed by atoms with van der Waals surface area (Å²) in [6.07, 6.45) is -6.72. The van der Waals surface area contributed by atoms with Gasteiger partial charge in [-0.3, -0.25) is 0 Å². The van der Waals surface area contributed by atoms with Gasteiger partial charge in [0.1, 0.15) is 0 Å². The summed E-state index contributed by atoms with van der Waals surface area (Å²) in [6.45, 7) is 1.43. The molecule has 0 saturated heterocycles. The van der Waals surface area contributed by atoms with Crippen LogP contribution in [0.15, 0.2) is 40.9 Å². The maximum atomic E-state index is 14.2. The molecule has 0 saturated carbocycles. The summed E-state index contributed by atoms with van der Waals surface area (Å²) in [5.41, 5.74) is 2.78. The third kappa shape index (κ3) is 3.45. The first-order valence-corrected chi connectivity index (χ1v) is 8.30. The number of ether oxygens (including phenoxy) is 1. The van der Waals surface area contributed by atoms with Crippen LogP contribution in [0.5, 0.6) is 5.75 Å². The van der Waals surface area contributed by atoms with Crippen molar-refractivity contribution in [1.29, 1.82) is 0 Å². The van der Waals surface area contributed by atoms with Gasteiger partial charge in [-0.1, -0.05) is 5.16 Å². The summed E-state index contributed by atoms with van der Waals surface area (Å²) < 4.78 is 61.7. The van der Waals surface area contributed by atoms with Gasteiger partial charge in [0.2, 0.25) is 5.82 Å². The molecule has 4 rings (SSSR count). The van der Waals surface area contributed by atoms with E-state index in [9.17, 15) is 17.6 Å². The number of fused-ring (bicyclic) bond motifs is 1. The summed E-state index contributed by atoms with van der Waals surface area (Å²) in [5, 5.41) is 10.2. The smallest absolute Gasteiger partial charge is 0.425 e. The van der Waals surface area contributed by atoms with Crippen LogP contribution in [0.3, 0.4) is 0 Å². The Morgan fingerprint density at radius 2 is 1.82 bits per heavy atom. The van der Waals surface area contributed by atoms with E-state index >= 15 is 0 Å². The Kier molecular flexibility index (Phi) is 4.33. The van der Waals surface area contributed by atoms with E-state index in [1.54, 1.807) is 0 Å². The maximum Gasteiger partial charge on any atom is 0.425 e. The molecular formula is C18H14F4N4O2. The van der Waals surface area contributed by atoms with E-state index in [-0.39, 0.29) is 11.5 Å². The van der Waals surface area contributed by atoms with E-state index in [1.807, 2.05) is 18.2 Å². The van der Waals surface area contributed by atoms with Crippen LogP contribution in [0, 0.1) is 5.82 Å². The Morgan fingerprint density at radius 3 is 2.57 bits per heavy atom. The van der Waals surface area contributed by atoms with Crippen molar-refractivity contribution in [2.75, 3.05) is 17.3 Å². The van der Waals surface area contributed by atoms with Gasteiger partial charge in [-0.2, -0.15) is 18.2 Å². The summed E-state index contributed by atoms with van der Waals surface area (Å²) >= 11 is 0. The quantitative estimate of drug-likeness (QED) is 0.627. The van der Waals surface area contributed by atoms with Crippen LogP contribution in [0.25, 0.3) is 22.8 Å². The Hall–Kier alpha value is -3.30. The molecule has 1 aliphatic heterocycles. The highest BCUT2D eigenvalue weighted by molar-refractivity contribution is 5.78. The van der Waals surface area contributed by atoms with E-state index in [0.29, 0.717) is 18.1 Å². The van der Waals surface area contributed by atoms with Crippen LogP contribution in [0.1, 0.15) is 6.92 Å². The normalized spacial score (nSPS) is 14.2. The number of hydrogen-bond acceptors (Lipinski definition) is 6. The predicted molar refractivity (Wildman–Crippen MR) is 93.4 cm³/mol. The second kappa shape index (κ2) is 6.70. The standard InChI is InChI=1S/C18H14F4N4O2/c1-9(18(20,21)22)27-15-5-3-11(6-12(15)19)17-25-16(26-28-17)10-2-4-13-14(7-10)24-8-23-13/h2-7,9,23-24H,8H2,1H3. The lowest BCUT2D eigenvalue weighted by Gasteiger charge is -2.18. The van der Waals surface area contributed by atoms with E-state index in [1.165, 1.54) is 6.07 Å². The fraction of sp³-hybridized carbons (Fsp3) is 0.222. The van der Waals surface area contributed by atoms with Crippen molar-refractivity contribution in [2.45, 2.75) is 19.2 Å². The minimum absolute atomic E-state index is 0.0379. The molecule has 0 radical (unpaired) electrons. The molecule has 1 atom stereocenters. The molecule has 0 fully saturated rings. The average molecular weight is 394 g/mol. The second-order valence-electron chi connectivity index (χ2n) is 6.16. The number of benzene rings is 2. The number of hydrogen-bond donors (Lipinski definition) is 2. The second-order valence-corrected chi connectivity index (χ2v) is 6.16. The summed E-state index contributed by atoms with van der Waals surface area (Å²) in [6, 6.07) is 8.97. The Morgan fingerprint density at radius 1 is 1.07 bits per heavy atom. The molecule has 2 heterocycles. The van der Waals surface area contributed by atoms with Gasteiger partial charge in [0, 0.05) is 11.1 Å². The Balaban J connectivity index is 1.56. The number of aromatic nitrogens is 2. The van der Waals surface area contributed by atoms with E-state index in [2.05, 4.69) is 25.5 Å². The largest absolute Gasteiger partial charge is 0.478 e. The molecule has 0 aliphatic carbocycles. The van der Waals surface area contributed by atoms with Gasteiger partial charge in [0.25, 0.3) is 5.89 Å². The van der Waals surface area contributed by atoms with Crippen LogP contribution in [0.2, 0.25) is 0 Å². The van der Waals surface area contributed by atoms with Crippen molar-refractivity contribution in [3.05, 3.63) is 42.2 Å². The summed E-state index contributed by atoms with van der Waals surface area (Å²) in [4.78, 5) is 4.23. The van der Waals surface area contributed by atoms with Gasteiger partial charge in [-0.05, 0) is 43.3 Å². The van der Waals surface area contributed by atoms with Gasteiger partial charge in [-0.25, -0.2) is 4.39 Å². The molecule has 2 N–H and O–H groups in total. The van der Waals surface area contributed by atoms with Crippen LogP contribution in [-0.2, 0) is 0 Å². The zero-order valence-corrected chi connectivity index (χ0v) is 14.5. The first-order chi connectivity index (χ1) is 13.3. The molecule has 6 nitrogen and oxygen atoms in total. The molecule has 146 valence electrons. The molecule has 0 bridgehead atoms. The fourth-order valence-corrected chi connectivity index (χ4v) is 2.66. The number of halogens is 4. The molecule has 2 aromatic carbocycles. The summed E-state index contributed by atoms with van der Waals surface area (Å²) in [7, 11) is 0. The zero-order valence-electron chi connectivity index (χ0n) is 14.5. The number of alkyl halides is 3. The van der Waals surface area contributed by atoms with Gasteiger partial charge in [0.15, 0.2) is 17.7 Å². The van der Waals surface area contributed by atoms with Crippen LogP contribution < -0.4 is 15.4 Å². The lowest BCUT2D eigenvalue weighted by atomic mass is 10.1. The first kappa shape index (κ1) is 18.1. The number of rotatable bonds is 4. The topological polar surface area (TPSA) is 72.2 Å². The maximum absolute atomic E-state index is 14.2. The molecule has 1 aromatic heterocycles. The number of nitrogens with one attached hydrogen (secondary N) is 2. The van der Waals surface area contributed by atoms with Crippen molar-refractivity contribution >= 4 is 11.4 Å².